The Hall–Kier alpha value is -0.180. The van der Waals surface area contributed by atoms with Gasteiger partial charge in [-0.2, -0.15) is 0 Å². The van der Waals surface area contributed by atoms with Crippen molar-refractivity contribution in [3.05, 3.63) is 0 Å². The van der Waals surface area contributed by atoms with Crippen molar-refractivity contribution in [2.24, 2.45) is 0 Å². The number of fused-ring (bicyclic) bond motifs is 1. The summed E-state index contributed by atoms with van der Waals surface area (Å²) in [6, 6.07) is 0.559. The van der Waals surface area contributed by atoms with Crippen LogP contribution in [0.5, 0.6) is 0 Å². The molecule has 2 aliphatic heterocycles. The first kappa shape index (κ1) is 11.3. The van der Waals surface area contributed by atoms with Crippen molar-refractivity contribution in [3.8, 4) is 0 Å². The monoisotopic (exact) mass is 227 g/mol. The van der Waals surface area contributed by atoms with E-state index in [9.17, 15) is 4.79 Å². The summed E-state index contributed by atoms with van der Waals surface area (Å²) in [4.78, 5) is 14.6. The Bertz CT molecular complexity index is 256. The highest BCUT2D eigenvalue weighted by Gasteiger charge is 2.42. The van der Waals surface area contributed by atoms with E-state index in [1.165, 1.54) is 19.3 Å². The van der Waals surface area contributed by atoms with Gasteiger partial charge < -0.3 is 4.90 Å². The van der Waals surface area contributed by atoms with Gasteiger partial charge in [0.2, 0.25) is 5.91 Å². The lowest BCUT2D eigenvalue weighted by Gasteiger charge is -2.31. The minimum atomic E-state index is -0.131. The van der Waals surface area contributed by atoms with Gasteiger partial charge >= 0.3 is 0 Å². The molecule has 2 heterocycles. The molecule has 0 aromatic carbocycles. The molecular weight excluding hydrogens is 206 g/mol. The van der Waals surface area contributed by atoms with E-state index in [1.54, 1.807) is 0 Å². The molecular formula is C12H21NOS. The van der Waals surface area contributed by atoms with Gasteiger partial charge in [-0.3, -0.25) is 4.79 Å². The third-order valence-electron chi connectivity index (χ3n) is 3.69. The maximum atomic E-state index is 12.4. The molecule has 0 radical (unpaired) electrons. The summed E-state index contributed by atoms with van der Waals surface area (Å²) in [5.74, 6) is 1.57. The van der Waals surface area contributed by atoms with Gasteiger partial charge in [-0.25, -0.2) is 0 Å². The first-order chi connectivity index (χ1) is 7.17. The van der Waals surface area contributed by atoms with Gasteiger partial charge in [0.1, 0.15) is 0 Å². The van der Waals surface area contributed by atoms with Crippen LogP contribution in [0.3, 0.4) is 0 Å². The predicted molar refractivity (Wildman–Crippen MR) is 65.1 cm³/mol. The highest BCUT2D eigenvalue weighted by Crippen LogP contribution is 2.39. The van der Waals surface area contributed by atoms with Crippen LogP contribution < -0.4 is 0 Å². The molecule has 0 spiro atoms. The molecule has 15 heavy (non-hydrogen) atoms. The topological polar surface area (TPSA) is 20.3 Å². The van der Waals surface area contributed by atoms with Crippen molar-refractivity contribution in [2.75, 3.05) is 12.3 Å². The maximum Gasteiger partial charge on any atom is 0.238 e. The maximum absolute atomic E-state index is 12.4. The Morgan fingerprint density at radius 2 is 2.33 bits per heavy atom. The average Bonchev–Trinajstić information content (AvgIpc) is 2.61. The second kappa shape index (κ2) is 4.36. The van der Waals surface area contributed by atoms with Crippen molar-refractivity contribution < 1.29 is 4.79 Å². The summed E-state index contributed by atoms with van der Waals surface area (Å²) in [6.07, 6.45) is 5.78. The van der Waals surface area contributed by atoms with Crippen LogP contribution in [0.15, 0.2) is 0 Å². The molecule has 3 heteroatoms. The first-order valence-corrected chi connectivity index (χ1v) is 7.11. The van der Waals surface area contributed by atoms with Crippen molar-refractivity contribution in [1.82, 2.24) is 4.90 Å². The zero-order valence-electron chi connectivity index (χ0n) is 9.79. The fraction of sp³-hybridized carbons (Fsp3) is 0.917. The van der Waals surface area contributed by atoms with Crippen LogP contribution in [0.25, 0.3) is 0 Å². The van der Waals surface area contributed by atoms with Crippen LogP contribution in [0.4, 0.5) is 0 Å². The number of amides is 1. The lowest BCUT2D eigenvalue weighted by atomic mass is 10.0. The Balaban J connectivity index is 2.17. The van der Waals surface area contributed by atoms with E-state index >= 15 is 0 Å². The number of carbonyl (C=O) groups excluding carboxylic acids is 1. The molecule has 86 valence electrons. The minimum Gasteiger partial charge on any atom is -0.338 e. The van der Waals surface area contributed by atoms with E-state index in [1.807, 2.05) is 11.8 Å². The highest BCUT2D eigenvalue weighted by molar-refractivity contribution is 8.01. The molecule has 0 bridgehead atoms. The van der Waals surface area contributed by atoms with E-state index in [0.29, 0.717) is 11.9 Å². The smallest absolute Gasteiger partial charge is 0.238 e. The molecule has 2 rings (SSSR count). The van der Waals surface area contributed by atoms with Gasteiger partial charge in [0.25, 0.3) is 0 Å². The molecule has 0 saturated carbocycles. The predicted octanol–water partition coefficient (Wildman–Crippen LogP) is 2.67. The zero-order chi connectivity index (χ0) is 10.9. The van der Waals surface area contributed by atoms with E-state index in [-0.39, 0.29) is 4.75 Å². The van der Waals surface area contributed by atoms with Gasteiger partial charge in [-0.1, -0.05) is 13.3 Å². The Morgan fingerprint density at radius 3 is 3.07 bits per heavy atom. The van der Waals surface area contributed by atoms with Crippen LogP contribution in [0.2, 0.25) is 0 Å². The SMILES string of the molecule is CCC[C@@]1(C)SCC[C@@H]2CCCN2C1=O. The Labute approximate surface area is 96.8 Å². The number of thioether (sulfide) groups is 1. The largest absolute Gasteiger partial charge is 0.338 e. The molecule has 2 fully saturated rings. The third-order valence-corrected chi connectivity index (χ3v) is 5.14. The summed E-state index contributed by atoms with van der Waals surface area (Å²) >= 11 is 1.88. The lowest BCUT2D eigenvalue weighted by molar-refractivity contribution is -0.134. The van der Waals surface area contributed by atoms with Crippen molar-refractivity contribution in [3.63, 3.8) is 0 Å². The molecule has 0 N–H and O–H groups in total. The van der Waals surface area contributed by atoms with E-state index in [0.717, 1.165) is 25.1 Å². The zero-order valence-corrected chi connectivity index (χ0v) is 10.6. The van der Waals surface area contributed by atoms with Crippen LogP contribution in [0, 0.1) is 0 Å². The normalized spacial score (nSPS) is 36.5. The number of rotatable bonds is 2. The summed E-state index contributed by atoms with van der Waals surface area (Å²) in [6.45, 7) is 5.32. The first-order valence-electron chi connectivity index (χ1n) is 6.12. The second-order valence-corrected chi connectivity index (χ2v) is 6.51. The van der Waals surface area contributed by atoms with Crippen LogP contribution >= 0.6 is 11.8 Å². The van der Waals surface area contributed by atoms with Crippen LogP contribution in [0.1, 0.15) is 46.0 Å². The van der Waals surface area contributed by atoms with Crippen molar-refractivity contribution in [2.45, 2.75) is 56.7 Å². The van der Waals surface area contributed by atoms with Crippen LogP contribution in [-0.2, 0) is 4.79 Å². The molecule has 2 atom stereocenters. The summed E-state index contributed by atoms with van der Waals surface area (Å²) in [7, 11) is 0. The fourth-order valence-corrected chi connectivity index (χ4v) is 4.27. The summed E-state index contributed by atoms with van der Waals surface area (Å²) in [5, 5.41) is 0. The summed E-state index contributed by atoms with van der Waals surface area (Å²) < 4.78 is -0.131. The van der Waals surface area contributed by atoms with Crippen LogP contribution in [-0.4, -0.2) is 33.9 Å². The van der Waals surface area contributed by atoms with Gasteiger partial charge in [0.15, 0.2) is 0 Å². The van der Waals surface area contributed by atoms with Gasteiger partial charge in [-0.15, -0.1) is 11.8 Å². The molecule has 0 unspecified atom stereocenters. The molecule has 2 aliphatic rings. The highest BCUT2D eigenvalue weighted by atomic mass is 32.2. The second-order valence-electron chi connectivity index (χ2n) is 4.91. The number of hydrogen-bond donors (Lipinski definition) is 0. The van der Waals surface area contributed by atoms with Crippen molar-refractivity contribution in [1.29, 1.82) is 0 Å². The molecule has 2 saturated heterocycles. The molecule has 2 nitrogen and oxygen atoms in total. The van der Waals surface area contributed by atoms with E-state index in [4.69, 9.17) is 0 Å². The number of nitrogens with zero attached hydrogens (tertiary/aromatic N) is 1. The van der Waals surface area contributed by atoms with Gasteiger partial charge in [-0.05, 0) is 38.4 Å². The quantitative estimate of drug-likeness (QED) is 0.723. The lowest BCUT2D eigenvalue weighted by Crippen LogP contribution is -2.45. The van der Waals surface area contributed by atoms with E-state index in [2.05, 4.69) is 18.7 Å². The molecule has 0 aromatic rings. The van der Waals surface area contributed by atoms with Gasteiger partial charge in [0, 0.05) is 12.6 Å². The summed E-state index contributed by atoms with van der Waals surface area (Å²) in [5.41, 5.74) is 0. The Kier molecular flexibility index (Phi) is 3.29. The van der Waals surface area contributed by atoms with E-state index < -0.39 is 0 Å². The fourth-order valence-electron chi connectivity index (χ4n) is 2.85. The molecule has 0 aliphatic carbocycles. The average molecular weight is 227 g/mol. The molecule has 0 aromatic heterocycles. The van der Waals surface area contributed by atoms with Crippen molar-refractivity contribution >= 4 is 17.7 Å². The van der Waals surface area contributed by atoms with Gasteiger partial charge in [0.05, 0.1) is 4.75 Å². The molecule has 1 amide bonds. The number of hydrogen-bond acceptors (Lipinski definition) is 2. The number of carbonyl (C=O) groups is 1. The Morgan fingerprint density at radius 1 is 1.53 bits per heavy atom. The third kappa shape index (κ3) is 2.03. The minimum absolute atomic E-state index is 0.131. The standard InChI is InChI=1S/C12H21NOS/c1-3-7-12(2)11(14)13-8-4-5-10(13)6-9-15-12/h10H,3-9H2,1-2H3/t10-,12+/m0/s1.